The second kappa shape index (κ2) is 6.34. The van der Waals surface area contributed by atoms with Gasteiger partial charge in [-0.2, -0.15) is 0 Å². The number of hydrogen-bond acceptors (Lipinski definition) is 5. The number of nitrogens with one attached hydrogen (secondary N) is 1. The topological polar surface area (TPSA) is 71.2 Å². The van der Waals surface area contributed by atoms with E-state index in [2.05, 4.69) is 32.7 Å². The zero-order chi connectivity index (χ0) is 14.7. The summed E-state index contributed by atoms with van der Waals surface area (Å²) in [7, 11) is 0. The Morgan fingerprint density at radius 1 is 1.43 bits per heavy atom. The number of nitrogens with zero attached hydrogens (tertiary/aromatic N) is 2. The first-order valence-electron chi connectivity index (χ1n) is 6.98. The van der Waals surface area contributed by atoms with Crippen molar-refractivity contribution in [2.45, 2.75) is 12.6 Å². The first kappa shape index (κ1) is 14.2. The maximum atomic E-state index is 11.5. The lowest BCUT2D eigenvalue weighted by molar-refractivity contribution is -0.124. The van der Waals surface area contributed by atoms with Crippen LogP contribution in [-0.2, 0) is 11.3 Å². The van der Waals surface area contributed by atoms with Gasteiger partial charge in [-0.15, -0.1) is 11.3 Å². The molecule has 0 radical (unpaired) electrons. The van der Waals surface area contributed by atoms with Crippen molar-refractivity contribution in [3.63, 3.8) is 0 Å². The summed E-state index contributed by atoms with van der Waals surface area (Å²) < 4.78 is 0. The summed E-state index contributed by atoms with van der Waals surface area (Å²) in [5, 5.41) is 6.27. The zero-order valence-corrected chi connectivity index (χ0v) is 12.5. The molecule has 0 saturated carbocycles. The predicted octanol–water partition coefficient (Wildman–Crippen LogP) is 1.07. The summed E-state index contributed by atoms with van der Waals surface area (Å²) in [6.45, 7) is 2.97. The molecule has 3 rings (SSSR count). The van der Waals surface area contributed by atoms with Crippen molar-refractivity contribution in [1.82, 2.24) is 15.2 Å². The molecule has 6 heteroatoms. The summed E-state index contributed by atoms with van der Waals surface area (Å²) >= 11 is 1.63. The van der Waals surface area contributed by atoms with Crippen LogP contribution in [0.5, 0.6) is 0 Å². The smallest absolute Gasteiger partial charge is 0.236 e. The molecule has 1 fully saturated rings. The monoisotopic (exact) mass is 302 g/mol. The fraction of sp³-hybridized carbons (Fsp3) is 0.333. The molecular formula is C15H18N4OS. The van der Waals surface area contributed by atoms with Gasteiger partial charge in [-0.3, -0.25) is 9.69 Å². The van der Waals surface area contributed by atoms with Gasteiger partial charge < -0.3 is 11.1 Å². The number of hydrogen-bond donors (Lipinski definition) is 2. The maximum absolute atomic E-state index is 11.5. The number of benzene rings is 1. The number of nitrogens with two attached hydrogens (primary N) is 1. The van der Waals surface area contributed by atoms with Gasteiger partial charge in [0.1, 0.15) is 11.0 Å². The third kappa shape index (κ3) is 3.29. The molecule has 0 bridgehead atoms. The van der Waals surface area contributed by atoms with Gasteiger partial charge in [0.15, 0.2) is 0 Å². The van der Waals surface area contributed by atoms with E-state index in [1.807, 2.05) is 18.2 Å². The van der Waals surface area contributed by atoms with Crippen LogP contribution < -0.4 is 11.1 Å². The molecule has 2 heterocycles. The molecule has 1 aliphatic heterocycles. The molecule has 0 aliphatic carbocycles. The lowest BCUT2D eigenvalue weighted by Crippen LogP contribution is -2.56. The van der Waals surface area contributed by atoms with Gasteiger partial charge >= 0.3 is 0 Å². The molecule has 1 unspecified atom stereocenters. The zero-order valence-electron chi connectivity index (χ0n) is 11.7. The Labute approximate surface area is 127 Å². The Balaban J connectivity index is 1.73. The number of carbonyl (C=O) groups excluding carboxylic acids is 1. The number of piperazine rings is 1. The third-order valence-corrected chi connectivity index (χ3v) is 4.56. The van der Waals surface area contributed by atoms with Gasteiger partial charge in [0, 0.05) is 37.1 Å². The fourth-order valence-electron chi connectivity index (χ4n) is 2.52. The van der Waals surface area contributed by atoms with Crippen molar-refractivity contribution in [3.8, 4) is 10.6 Å². The largest absolute Gasteiger partial charge is 0.368 e. The molecule has 21 heavy (non-hydrogen) atoms. The van der Waals surface area contributed by atoms with Gasteiger partial charge in [0.2, 0.25) is 5.91 Å². The number of thiazole rings is 1. The Bertz CT molecular complexity index is 613. The Morgan fingerprint density at radius 3 is 3.00 bits per heavy atom. The van der Waals surface area contributed by atoms with Crippen LogP contribution in [0.2, 0.25) is 0 Å². The number of carbonyl (C=O) groups is 1. The van der Waals surface area contributed by atoms with Crippen molar-refractivity contribution >= 4 is 17.2 Å². The molecule has 2 aromatic rings. The minimum atomic E-state index is -0.277. The quantitative estimate of drug-likeness (QED) is 0.886. The Morgan fingerprint density at radius 2 is 2.24 bits per heavy atom. The first-order valence-corrected chi connectivity index (χ1v) is 7.86. The summed E-state index contributed by atoms with van der Waals surface area (Å²) in [4.78, 5) is 18.3. The van der Waals surface area contributed by atoms with Crippen LogP contribution in [0.1, 0.15) is 5.69 Å². The van der Waals surface area contributed by atoms with Gasteiger partial charge in [-0.25, -0.2) is 4.98 Å². The van der Waals surface area contributed by atoms with Gasteiger partial charge in [-0.05, 0) is 0 Å². The number of rotatable bonds is 4. The van der Waals surface area contributed by atoms with Gasteiger partial charge in [0.25, 0.3) is 0 Å². The number of amides is 1. The van der Waals surface area contributed by atoms with Crippen LogP contribution in [0, 0.1) is 0 Å². The van der Waals surface area contributed by atoms with E-state index in [-0.39, 0.29) is 11.9 Å². The van der Waals surface area contributed by atoms with Crippen molar-refractivity contribution < 1.29 is 4.79 Å². The average molecular weight is 302 g/mol. The molecule has 1 aromatic heterocycles. The highest BCUT2D eigenvalue weighted by Gasteiger charge is 2.27. The van der Waals surface area contributed by atoms with E-state index in [1.54, 1.807) is 11.3 Å². The molecule has 3 N–H and O–H groups in total. The number of aromatic nitrogens is 1. The summed E-state index contributed by atoms with van der Waals surface area (Å²) in [5.41, 5.74) is 7.59. The third-order valence-electron chi connectivity index (χ3n) is 3.62. The highest BCUT2D eigenvalue weighted by atomic mass is 32.1. The first-order chi connectivity index (χ1) is 10.2. The molecule has 110 valence electrons. The molecule has 1 aromatic carbocycles. The average Bonchev–Trinajstić information content (AvgIpc) is 2.97. The Hall–Kier alpha value is -1.76. The predicted molar refractivity (Wildman–Crippen MR) is 83.8 cm³/mol. The highest BCUT2D eigenvalue weighted by molar-refractivity contribution is 7.13. The highest BCUT2D eigenvalue weighted by Crippen LogP contribution is 2.24. The Kier molecular flexibility index (Phi) is 4.28. The van der Waals surface area contributed by atoms with Crippen LogP contribution >= 0.6 is 11.3 Å². The second-order valence-electron chi connectivity index (χ2n) is 5.10. The molecule has 5 nitrogen and oxygen atoms in total. The lowest BCUT2D eigenvalue weighted by atomic mass is 10.1. The lowest BCUT2D eigenvalue weighted by Gasteiger charge is -2.33. The minimum Gasteiger partial charge on any atom is -0.368 e. The van der Waals surface area contributed by atoms with Gasteiger partial charge in [-0.1, -0.05) is 30.3 Å². The van der Waals surface area contributed by atoms with Crippen molar-refractivity contribution in [2.75, 3.05) is 19.6 Å². The maximum Gasteiger partial charge on any atom is 0.236 e. The van der Waals surface area contributed by atoms with Crippen LogP contribution in [0.25, 0.3) is 10.6 Å². The van der Waals surface area contributed by atoms with E-state index in [1.165, 1.54) is 0 Å². The minimum absolute atomic E-state index is 0.249. The van der Waals surface area contributed by atoms with E-state index >= 15 is 0 Å². The van der Waals surface area contributed by atoms with E-state index < -0.39 is 0 Å². The molecule has 1 aliphatic rings. The summed E-state index contributed by atoms with van der Waals surface area (Å²) in [6, 6.07) is 9.88. The normalized spacial score (nSPS) is 19.5. The molecule has 1 amide bonds. The van der Waals surface area contributed by atoms with Crippen LogP contribution in [0.15, 0.2) is 35.7 Å². The summed E-state index contributed by atoms with van der Waals surface area (Å²) in [5.74, 6) is -0.277. The fourth-order valence-corrected chi connectivity index (χ4v) is 3.33. The van der Waals surface area contributed by atoms with E-state index in [0.29, 0.717) is 13.1 Å². The van der Waals surface area contributed by atoms with Crippen molar-refractivity contribution in [3.05, 3.63) is 41.4 Å². The van der Waals surface area contributed by atoms with E-state index in [0.717, 1.165) is 29.4 Å². The van der Waals surface area contributed by atoms with Crippen molar-refractivity contribution in [1.29, 1.82) is 0 Å². The second-order valence-corrected chi connectivity index (χ2v) is 5.96. The molecule has 1 atom stereocenters. The van der Waals surface area contributed by atoms with E-state index in [4.69, 9.17) is 5.73 Å². The molecule has 0 spiro atoms. The van der Waals surface area contributed by atoms with Crippen LogP contribution in [-0.4, -0.2) is 41.5 Å². The van der Waals surface area contributed by atoms with E-state index in [9.17, 15) is 4.79 Å². The van der Waals surface area contributed by atoms with Crippen molar-refractivity contribution in [2.24, 2.45) is 5.73 Å². The van der Waals surface area contributed by atoms with Gasteiger partial charge in [0.05, 0.1) is 5.69 Å². The SMILES string of the molecule is NC(=O)C1CNCCN1Cc1csc(-c2ccccc2)n1. The molecular weight excluding hydrogens is 284 g/mol. The van der Waals surface area contributed by atoms with Crippen LogP contribution in [0.4, 0.5) is 0 Å². The molecule has 1 saturated heterocycles. The van der Waals surface area contributed by atoms with Crippen LogP contribution in [0.3, 0.4) is 0 Å². The standard InChI is InChI=1S/C15H18N4OS/c16-14(20)13-8-17-6-7-19(13)9-12-10-21-15(18-12)11-4-2-1-3-5-11/h1-5,10,13,17H,6-9H2,(H2,16,20). The summed E-state index contributed by atoms with van der Waals surface area (Å²) in [6.07, 6.45) is 0. The number of primary amides is 1.